The Hall–Kier alpha value is -1.71. The van der Waals surface area contributed by atoms with Crippen LogP contribution in [0.15, 0.2) is 18.2 Å². The molecule has 0 bridgehead atoms. The van der Waals surface area contributed by atoms with Crippen molar-refractivity contribution in [1.82, 2.24) is 0 Å². The highest BCUT2D eigenvalue weighted by molar-refractivity contribution is 5.90. The molecule has 94 valence electrons. The SMILES string of the molecule is CCC(CC)Oc1cc(C(=O)OC)ccc1N. The minimum Gasteiger partial charge on any atom is -0.488 e. The van der Waals surface area contributed by atoms with Crippen LogP contribution in [0.5, 0.6) is 5.75 Å². The number of rotatable bonds is 5. The van der Waals surface area contributed by atoms with E-state index in [9.17, 15) is 4.79 Å². The molecule has 0 fully saturated rings. The Bertz CT molecular complexity index is 386. The van der Waals surface area contributed by atoms with E-state index in [1.54, 1.807) is 18.2 Å². The van der Waals surface area contributed by atoms with Crippen LogP contribution in [-0.4, -0.2) is 19.2 Å². The highest BCUT2D eigenvalue weighted by atomic mass is 16.5. The van der Waals surface area contributed by atoms with Crippen LogP contribution < -0.4 is 10.5 Å². The molecule has 0 aromatic heterocycles. The summed E-state index contributed by atoms with van der Waals surface area (Å²) in [5.74, 6) is 0.154. The van der Waals surface area contributed by atoms with Gasteiger partial charge in [0, 0.05) is 0 Å². The largest absolute Gasteiger partial charge is 0.488 e. The average Bonchev–Trinajstić information content (AvgIpc) is 2.36. The summed E-state index contributed by atoms with van der Waals surface area (Å²) in [6.45, 7) is 4.10. The van der Waals surface area contributed by atoms with Crippen LogP contribution in [-0.2, 0) is 4.74 Å². The number of esters is 1. The molecule has 0 radical (unpaired) electrons. The van der Waals surface area contributed by atoms with Gasteiger partial charge in [0.25, 0.3) is 0 Å². The van der Waals surface area contributed by atoms with Crippen molar-refractivity contribution in [1.29, 1.82) is 0 Å². The third kappa shape index (κ3) is 3.37. The molecule has 4 heteroatoms. The van der Waals surface area contributed by atoms with Crippen molar-refractivity contribution in [2.24, 2.45) is 0 Å². The predicted molar refractivity (Wildman–Crippen MR) is 67.2 cm³/mol. The van der Waals surface area contributed by atoms with Crippen molar-refractivity contribution in [2.45, 2.75) is 32.8 Å². The molecule has 4 nitrogen and oxygen atoms in total. The molecule has 2 N–H and O–H groups in total. The van der Waals surface area contributed by atoms with Crippen LogP contribution in [0.3, 0.4) is 0 Å². The Morgan fingerprint density at radius 3 is 2.53 bits per heavy atom. The molecule has 0 aliphatic heterocycles. The van der Waals surface area contributed by atoms with Crippen molar-refractivity contribution in [3.05, 3.63) is 23.8 Å². The van der Waals surface area contributed by atoms with Crippen molar-refractivity contribution in [3.63, 3.8) is 0 Å². The molecular formula is C13H19NO3. The zero-order valence-corrected chi connectivity index (χ0v) is 10.5. The Labute approximate surface area is 102 Å². The van der Waals surface area contributed by atoms with Gasteiger partial charge >= 0.3 is 5.97 Å². The van der Waals surface area contributed by atoms with E-state index in [1.807, 2.05) is 0 Å². The second kappa shape index (κ2) is 6.13. The molecular weight excluding hydrogens is 218 g/mol. The van der Waals surface area contributed by atoms with E-state index in [-0.39, 0.29) is 12.1 Å². The van der Waals surface area contributed by atoms with Crippen LogP contribution in [0.25, 0.3) is 0 Å². The Balaban J connectivity index is 2.94. The molecule has 0 atom stereocenters. The number of carbonyl (C=O) groups is 1. The van der Waals surface area contributed by atoms with Crippen LogP contribution in [0.4, 0.5) is 5.69 Å². The number of anilines is 1. The van der Waals surface area contributed by atoms with Gasteiger partial charge in [-0.2, -0.15) is 0 Å². The second-order valence-electron chi connectivity index (χ2n) is 3.80. The van der Waals surface area contributed by atoms with Gasteiger partial charge in [0.15, 0.2) is 0 Å². The summed E-state index contributed by atoms with van der Waals surface area (Å²) in [6.07, 6.45) is 1.92. The van der Waals surface area contributed by atoms with Gasteiger partial charge in [0.05, 0.1) is 24.5 Å². The van der Waals surface area contributed by atoms with Crippen LogP contribution in [0.2, 0.25) is 0 Å². The molecule has 1 aromatic carbocycles. The zero-order chi connectivity index (χ0) is 12.8. The van der Waals surface area contributed by atoms with E-state index in [0.29, 0.717) is 17.0 Å². The highest BCUT2D eigenvalue weighted by Crippen LogP contribution is 2.25. The molecule has 0 saturated heterocycles. The smallest absolute Gasteiger partial charge is 0.337 e. The molecule has 1 aromatic rings. The molecule has 1 rings (SSSR count). The van der Waals surface area contributed by atoms with E-state index in [1.165, 1.54) is 7.11 Å². The number of ether oxygens (including phenoxy) is 2. The van der Waals surface area contributed by atoms with Crippen LogP contribution in [0, 0.1) is 0 Å². The number of carbonyl (C=O) groups excluding carboxylic acids is 1. The topological polar surface area (TPSA) is 61.5 Å². The lowest BCUT2D eigenvalue weighted by Crippen LogP contribution is -2.15. The molecule has 0 heterocycles. The lowest BCUT2D eigenvalue weighted by Gasteiger charge is -2.17. The lowest BCUT2D eigenvalue weighted by atomic mass is 10.1. The van der Waals surface area contributed by atoms with Gasteiger partial charge in [-0.05, 0) is 31.0 Å². The number of hydrogen-bond acceptors (Lipinski definition) is 4. The molecule has 0 unspecified atom stereocenters. The number of methoxy groups -OCH3 is 1. The summed E-state index contributed by atoms with van der Waals surface area (Å²) in [5, 5.41) is 0. The quantitative estimate of drug-likeness (QED) is 0.631. The normalized spacial score (nSPS) is 10.4. The van der Waals surface area contributed by atoms with Gasteiger partial charge in [-0.25, -0.2) is 4.79 Å². The van der Waals surface area contributed by atoms with Crippen LogP contribution in [0.1, 0.15) is 37.0 Å². The maximum Gasteiger partial charge on any atom is 0.337 e. The van der Waals surface area contributed by atoms with E-state index in [4.69, 9.17) is 10.5 Å². The highest BCUT2D eigenvalue weighted by Gasteiger charge is 2.12. The third-order valence-electron chi connectivity index (χ3n) is 2.64. The van der Waals surface area contributed by atoms with Gasteiger partial charge in [0.1, 0.15) is 5.75 Å². The lowest BCUT2D eigenvalue weighted by molar-refractivity contribution is 0.0600. The maximum absolute atomic E-state index is 11.4. The van der Waals surface area contributed by atoms with Gasteiger partial charge in [-0.15, -0.1) is 0 Å². The summed E-state index contributed by atoms with van der Waals surface area (Å²) in [5.41, 5.74) is 6.79. The fraction of sp³-hybridized carbons (Fsp3) is 0.462. The number of benzene rings is 1. The molecule has 17 heavy (non-hydrogen) atoms. The van der Waals surface area contributed by atoms with Gasteiger partial charge in [-0.3, -0.25) is 0 Å². The summed E-state index contributed by atoms with van der Waals surface area (Å²) in [4.78, 5) is 11.4. The monoisotopic (exact) mass is 237 g/mol. The second-order valence-corrected chi connectivity index (χ2v) is 3.80. The minimum atomic E-state index is -0.389. The standard InChI is InChI=1S/C13H19NO3/c1-4-10(5-2)17-12-8-9(13(15)16-3)6-7-11(12)14/h6-8,10H,4-5,14H2,1-3H3. The summed E-state index contributed by atoms with van der Waals surface area (Å²) in [7, 11) is 1.35. The first-order valence-corrected chi connectivity index (χ1v) is 5.76. The fourth-order valence-corrected chi connectivity index (χ4v) is 1.52. The summed E-state index contributed by atoms with van der Waals surface area (Å²) in [6, 6.07) is 4.91. The van der Waals surface area contributed by atoms with Gasteiger partial charge in [-0.1, -0.05) is 13.8 Å². The minimum absolute atomic E-state index is 0.116. The number of nitrogens with two attached hydrogens (primary N) is 1. The first-order chi connectivity index (χ1) is 8.12. The fourth-order valence-electron chi connectivity index (χ4n) is 1.52. The van der Waals surface area contributed by atoms with E-state index >= 15 is 0 Å². The van der Waals surface area contributed by atoms with Crippen molar-refractivity contribution in [3.8, 4) is 5.75 Å². The summed E-state index contributed by atoms with van der Waals surface area (Å²) >= 11 is 0. The Morgan fingerprint density at radius 1 is 1.35 bits per heavy atom. The molecule has 0 spiro atoms. The Kier molecular flexibility index (Phi) is 4.82. The van der Waals surface area contributed by atoms with Gasteiger partial charge < -0.3 is 15.2 Å². The average molecular weight is 237 g/mol. The predicted octanol–water partition coefficient (Wildman–Crippen LogP) is 2.62. The van der Waals surface area contributed by atoms with Gasteiger partial charge in [0.2, 0.25) is 0 Å². The maximum atomic E-state index is 11.4. The molecule has 0 aliphatic carbocycles. The van der Waals surface area contributed by atoms with Crippen molar-refractivity contribution in [2.75, 3.05) is 12.8 Å². The van der Waals surface area contributed by atoms with E-state index in [0.717, 1.165) is 12.8 Å². The van der Waals surface area contributed by atoms with E-state index in [2.05, 4.69) is 18.6 Å². The zero-order valence-electron chi connectivity index (χ0n) is 10.5. The summed E-state index contributed by atoms with van der Waals surface area (Å²) < 4.78 is 10.4. The molecule has 0 amide bonds. The molecule has 0 aliphatic rings. The Morgan fingerprint density at radius 2 is 2.00 bits per heavy atom. The van der Waals surface area contributed by atoms with E-state index < -0.39 is 0 Å². The van der Waals surface area contributed by atoms with Crippen LogP contribution >= 0.6 is 0 Å². The molecule has 0 saturated carbocycles. The number of nitrogen functional groups attached to an aromatic ring is 1. The third-order valence-corrected chi connectivity index (χ3v) is 2.64. The van der Waals surface area contributed by atoms with Crippen molar-refractivity contribution >= 4 is 11.7 Å². The first-order valence-electron chi connectivity index (χ1n) is 5.76. The first kappa shape index (κ1) is 13.4. The van der Waals surface area contributed by atoms with Crippen molar-refractivity contribution < 1.29 is 14.3 Å². The number of hydrogen-bond donors (Lipinski definition) is 1.